The van der Waals surface area contributed by atoms with E-state index >= 15 is 0 Å². The molecule has 7 nitrogen and oxygen atoms in total. The van der Waals surface area contributed by atoms with E-state index in [1.807, 2.05) is 30.3 Å². The molecule has 126 valence electrons. The van der Waals surface area contributed by atoms with Gasteiger partial charge in [-0.15, -0.1) is 0 Å². The topological polar surface area (TPSA) is 93.9 Å². The molecule has 1 aliphatic rings. The van der Waals surface area contributed by atoms with Crippen molar-refractivity contribution in [2.75, 3.05) is 6.61 Å². The Hall–Kier alpha value is -1.96. The summed E-state index contributed by atoms with van der Waals surface area (Å²) in [5.41, 5.74) is 6.60. The Balaban J connectivity index is 2.07. The summed E-state index contributed by atoms with van der Waals surface area (Å²) in [4.78, 5) is 29.4. The normalized spacial score (nSPS) is 22.6. The zero-order valence-electron chi connectivity index (χ0n) is 13.4. The smallest absolute Gasteiger partial charge is 0.337 e. The number of nitrogens with one attached hydrogen (secondary N) is 1. The second-order valence-electron chi connectivity index (χ2n) is 5.46. The van der Waals surface area contributed by atoms with Gasteiger partial charge in [0.1, 0.15) is 6.17 Å². The fourth-order valence-electron chi connectivity index (χ4n) is 2.31. The Morgan fingerprint density at radius 3 is 2.74 bits per heavy atom. The van der Waals surface area contributed by atoms with Gasteiger partial charge in [0.25, 0.3) is 0 Å². The SMILES string of the molecule is CCOC(=O)[C@H]1C[C@H](NC(=O)[C@H](C)N)N(Cc2ccccc2)O1. The van der Waals surface area contributed by atoms with Crippen LogP contribution < -0.4 is 11.1 Å². The van der Waals surface area contributed by atoms with Gasteiger partial charge >= 0.3 is 5.97 Å². The van der Waals surface area contributed by atoms with E-state index in [9.17, 15) is 9.59 Å². The Morgan fingerprint density at radius 1 is 1.43 bits per heavy atom. The maximum absolute atomic E-state index is 11.9. The predicted octanol–water partition coefficient (Wildman–Crippen LogP) is 0.545. The van der Waals surface area contributed by atoms with Crippen LogP contribution in [-0.4, -0.2) is 41.9 Å². The van der Waals surface area contributed by atoms with Gasteiger partial charge in [-0.2, -0.15) is 5.06 Å². The highest BCUT2D eigenvalue weighted by molar-refractivity contribution is 5.81. The largest absolute Gasteiger partial charge is 0.464 e. The molecule has 1 amide bonds. The van der Waals surface area contributed by atoms with E-state index in [0.29, 0.717) is 13.0 Å². The molecule has 1 fully saturated rings. The average Bonchev–Trinajstić information content (AvgIpc) is 2.91. The number of carbonyl (C=O) groups is 2. The van der Waals surface area contributed by atoms with Gasteiger partial charge in [-0.3, -0.25) is 9.63 Å². The standard InChI is InChI=1S/C16H23N3O4/c1-3-22-16(21)13-9-14(18-15(20)11(2)17)19(23-13)10-12-7-5-4-6-8-12/h4-8,11,13-14H,3,9-10,17H2,1-2H3,(H,18,20)/t11-,13+,14+/m0/s1. The number of esters is 1. The van der Waals surface area contributed by atoms with Crippen LogP contribution in [0.2, 0.25) is 0 Å². The molecule has 0 aliphatic carbocycles. The fraction of sp³-hybridized carbons (Fsp3) is 0.500. The van der Waals surface area contributed by atoms with Crippen molar-refractivity contribution in [3.63, 3.8) is 0 Å². The van der Waals surface area contributed by atoms with Gasteiger partial charge in [-0.05, 0) is 19.4 Å². The minimum atomic E-state index is -0.725. The van der Waals surface area contributed by atoms with E-state index in [-0.39, 0.29) is 12.5 Å². The van der Waals surface area contributed by atoms with Crippen LogP contribution in [0.5, 0.6) is 0 Å². The van der Waals surface area contributed by atoms with Crippen molar-refractivity contribution >= 4 is 11.9 Å². The number of ether oxygens (including phenoxy) is 1. The second kappa shape index (κ2) is 8.05. The maximum atomic E-state index is 11.9. The molecule has 3 N–H and O–H groups in total. The lowest BCUT2D eigenvalue weighted by Crippen LogP contribution is -2.48. The summed E-state index contributed by atoms with van der Waals surface area (Å²) < 4.78 is 5.00. The molecule has 1 heterocycles. The van der Waals surface area contributed by atoms with Crippen molar-refractivity contribution in [2.45, 2.75) is 45.1 Å². The number of amides is 1. The summed E-state index contributed by atoms with van der Waals surface area (Å²) in [5.74, 6) is -0.718. The van der Waals surface area contributed by atoms with E-state index in [1.54, 1.807) is 18.9 Å². The number of nitrogens with zero attached hydrogens (tertiary/aromatic N) is 1. The third kappa shape index (κ3) is 4.75. The molecule has 1 aromatic carbocycles. The van der Waals surface area contributed by atoms with Gasteiger partial charge in [0.15, 0.2) is 6.10 Å². The van der Waals surface area contributed by atoms with Crippen LogP contribution in [0.15, 0.2) is 30.3 Å². The van der Waals surface area contributed by atoms with Crippen molar-refractivity contribution < 1.29 is 19.2 Å². The Morgan fingerprint density at radius 2 is 2.13 bits per heavy atom. The van der Waals surface area contributed by atoms with Gasteiger partial charge in [0.2, 0.25) is 5.91 Å². The highest BCUT2D eigenvalue weighted by atomic mass is 16.7. The lowest BCUT2D eigenvalue weighted by molar-refractivity contribution is -0.195. The van der Waals surface area contributed by atoms with Crippen LogP contribution in [0.3, 0.4) is 0 Å². The molecule has 7 heteroatoms. The summed E-state index contributed by atoms with van der Waals surface area (Å²) in [7, 11) is 0. The summed E-state index contributed by atoms with van der Waals surface area (Å²) >= 11 is 0. The first-order valence-electron chi connectivity index (χ1n) is 7.71. The van der Waals surface area contributed by atoms with Gasteiger partial charge in [0.05, 0.1) is 19.2 Å². The molecule has 0 bridgehead atoms. The monoisotopic (exact) mass is 321 g/mol. The number of rotatable bonds is 6. The Kier molecular flexibility index (Phi) is 6.09. The molecule has 0 saturated carbocycles. The van der Waals surface area contributed by atoms with E-state index in [0.717, 1.165) is 5.56 Å². The number of carbonyl (C=O) groups excluding carboxylic acids is 2. The van der Waals surface area contributed by atoms with Crippen molar-refractivity contribution in [2.24, 2.45) is 5.73 Å². The van der Waals surface area contributed by atoms with Crippen molar-refractivity contribution in [3.05, 3.63) is 35.9 Å². The van der Waals surface area contributed by atoms with Crippen LogP contribution >= 0.6 is 0 Å². The lowest BCUT2D eigenvalue weighted by Gasteiger charge is -2.24. The van der Waals surface area contributed by atoms with Crippen LogP contribution in [-0.2, 0) is 25.7 Å². The molecular formula is C16H23N3O4. The number of hydrogen-bond donors (Lipinski definition) is 2. The van der Waals surface area contributed by atoms with E-state index in [2.05, 4.69) is 5.32 Å². The van der Waals surface area contributed by atoms with Crippen molar-refractivity contribution in [1.82, 2.24) is 10.4 Å². The Bertz CT molecular complexity index is 535. The van der Waals surface area contributed by atoms with Gasteiger partial charge in [-0.25, -0.2) is 4.79 Å². The van der Waals surface area contributed by atoms with Gasteiger partial charge in [-0.1, -0.05) is 30.3 Å². The van der Waals surface area contributed by atoms with Crippen LogP contribution in [0, 0.1) is 0 Å². The quantitative estimate of drug-likeness (QED) is 0.743. The minimum Gasteiger partial charge on any atom is -0.464 e. The summed E-state index contributed by atoms with van der Waals surface area (Å²) in [5, 5.41) is 4.40. The van der Waals surface area contributed by atoms with E-state index < -0.39 is 24.3 Å². The third-order valence-electron chi connectivity index (χ3n) is 3.50. The molecule has 1 aliphatic heterocycles. The first-order chi connectivity index (χ1) is 11.0. The molecule has 0 unspecified atom stereocenters. The second-order valence-corrected chi connectivity index (χ2v) is 5.46. The molecule has 3 atom stereocenters. The minimum absolute atomic E-state index is 0.286. The molecule has 1 aromatic rings. The predicted molar refractivity (Wildman–Crippen MR) is 83.7 cm³/mol. The van der Waals surface area contributed by atoms with Crippen LogP contribution in [0.1, 0.15) is 25.8 Å². The maximum Gasteiger partial charge on any atom is 0.337 e. The number of benzene rings is 1. The molecule has 23 heavy (non-hydrogen) atoms. The molecule has 0 spiro atoms. The summed E-state index contributed by atoms with van der Waals surface area (Å²) in [6, 6.07) is 9.03. The number of hydroxylamine groups is 2. The first-order valence-corrected chi connectivity index (χ1v) is 7.71. The van der Waals surface area contributed by atoms with Crippen molar-refractivity contribution in [1.29, 1.82) is 0 Å². The van der Waals surface area contributed by atoms with Gasteiger partial charge in [0, 0.05) is 6.42 Å². The molecule has 0 aromatic heterocycles. The highest BCUT2D eigenvalue weighted by Gasteiger charge is 2.39. The number of hydrogen-bond acceptors (Lipinski definition) is 6. The molecular weight excluding hydrogens is 298 g/mol. The Labute approximate surface area is 135 Å². The zero-order valence-corrected chi connectivity index (χ0v) is 13.4. The first kappa shape index (κ1) is 17.4. The fourth-order valence-corrected chi connectivity index (χ4v) is 2.31. The molecule has 0 radical (unpaired) electrons. The highest BCUT2D eigenvalue weighted by Crippen LogP contribution is 2.23. The van der Waals surface area contributed by atoms with Crippen LogP contribution in [0.25, 0.3) is 0 Å². The number of nitrogens with two attached hydrogens (primary N) is 1. The van der Waals surface area contributed by atoms with E-state index in [1.165, 1.54) is 0 Å². The zero-order chi connectivity index (χ0) is 16.8. The molecule has 2 rings (SSSR count). The third-order valence-corrected chi connectivity index (χ3v) is 3.50. The van der Waals surface area contributed by atoms with Crippen molar-refractivity contribution in [3.8, 4) is 0 Å². The molecule has 1 saturated heterocycles. The van der Waals surface area contributed by atoms with Gasteiger partial charge < -0.3 is 15.8 Å². The summed E-state index contributed by atoms with van der Waals surface area (Å²) in [6.07, 6.45) is -0.829. The van der Waals surface area contributed by atoms with Crippen LogP contribution in [0.4, 0.5) is 0 Å². The van der Waals surface area contributed by atoms with E-state index in [4.69, 9.17) is 15.3 Å². The average molecular weight is 321 g/mol. The summed E-state index contributed by atoms with van der Waals surface area (Å²) in [6.45, 7) is 4.08. The lowest BCUT2D eigenvalue weighted by atomic mass is 10.2.